The van der Waals surface area contributed by atoms with E-state index in [1.807, 2.05) is 6.92 Å². The molecule has 0 spiro atoms. The molecule has 2 atom stereocenters. The van der Waals surface area contributed by atoms with Crippen LogP contribution in [0.25, 0.3) is 0 Å². The SMILES string of the molecule is CCC1SCC(C(=O)O)N1S(=O)(=O)c1c(Br)nnn1C. The van der Waals surface area contributed by atoms with Gasteiger partial charge in [0.25, 0.3) is 10.0 Å². The maximum atomic E-state index is 12.7. The van der Waals surface area contributed by atoms with Crippen LogP contribution >= 0.6 is 27.7 Å². The maximum Gasteiger partial charge on any atom is 0.322 e. The van der Waals surface area contributed by atoms with Gasteiger partial charge in [0.2, 0.25) is 5.03 Å². The topological polar surface area (TPSA) is 105 Å². The van der Waals surface area contributed by atoms with Gasteiger partial charge in [-0.2, -0.15) is 4.31 Å². The first kappa shape index (κ1) is 15.7. The number of sulfonamides is 1. The molecule has 0 radical (unpaired) electrons. The van der Waals surface area contributed by atoms with Crippen molar-refractivity contribution >= 4 is 43.7 Å². The summed E-state index contributed by atoms with van der Waals surface area (Å²) in [5, 5.41) is 16.0. The van der Waals surface area contributed by atoms with Crippen molar-refractivity contribution < 1.29 is 18.3 Å². The molecule has 1 fully saturated rings. The summed E-state index contributed by atoms with van der Waals surface area (Å²) >= 11 is 4.37. The lowest BCUT2D eigenvalue weighted by Gasteiger charge is -2.25. The summed E-state index contributed by atoms with van der Waals surface area (Å²) in [5.41, 5.74) is 0. The minimum absolute atomic E-state index is 0.0795. The third-order valence-electron chi connectivity index (χ3n) is 2.93. The van der Waals surface area contributed by atoms with E-state index in [2.05, 4.69) is 26.2 Å². The van der Waals surface area contributed by atoms with Gasteiger partial charge >= 0.3 is 5.97 Å². The Morgan fingerprint density at radius 1 is 1.60 bits per heavy atom. The van der Waals surface area contributed by atoms with Crippen LogP contribution in [0.2, 0.25) is 0 Å². The molecule has 20 heavy (non-hydrogen) atoms. The van der Waals surface area contributed by atoms with Gasteiger partial charge < -0.3 is 5.11 Å². The van der Waals surface area contributed by atoms with Crippen LogP contribution in [0.1, 0.15) is 13.3 Å². The number of hydrogen-bond acceptors (Lipinski definition) is 6. The van der Waals surface area contributed by atoms with Crippen molar-refractivity contribution in [3.63, 3.8) is 0 Å². The maximum absolute atomic E-state index is 12.7. The molecule has 0 saturated carbocycles. The van der Waals surface area contributed by atoms with Crippen molar-refractivity contribution in [1.29, 1.82) is 0 Å². The number of aliphatic carboxylic acids is 1. The molecule has 1 aromatic rings. The highest BCUT2D eigenvalue weighted by atomic mass is 79.9. The fraction of sp³-hybridized carbons (Fsp3) is 0.667. The van der Waals surface area contributed by atoms with E-state index in [0.29, 0.717) is 6.42 Å². The Kier molecular flexibility index (Phi) is 4.42. The monoisotopic (exact) mass is 384 g/mol. The van der Waals surface area contributed by atoms with Gasteiger partial charge in [0.1, 0.15) is 6.04 Å². The lowest BCUT2D eigenvalue weighted by atomic mass is 10.3. The normalized spacial score (nSPS) is 24.1. The number of aryl methyl sites for hydroxylation is 1. The van der Waals surface area contributed by atoms with Gasteiger partial charge in [-0.3, -0.25) is 4.79 Å². The molecule has 1 aliphatic heterocycles. The molecule has 2 heterocycles. The Labute approximate surface area is 128 Å². The van der Waals surface area contributed by atoms with E-state index in [1.54, 1.807) is 0 Å². The molecular formula is C9H13BrN4O4S2. The van der Waals surface area contributed by atoms with E-state index in [-0.39, 0.29) is 15.4 Å². The van der Waals surface area contributed by atoms with Gasteiger partial charge in [-0.1, -0.05) is 12.1 Å². The predicted octanol–water partition coefficient (Wildman–Crippen LogP) is 0.504. The summed E-state index contributed by atoms with van der Waals surface area (Å²) in [6.45, 7) is 1.82. The molecule has 0 bridgehead atoms. The van der Waals surface area contributed by atoms with E-state index in [4.69, 9.17) is 0 Å². The van der Waals surface area contributed by atoms with E-state index >= 15 is 0 Å². The number of thioether (sulfide) groups is 1. The second-order valence-electron chi connectivity index (χ2n) is 4.19. The summed E-state index contributed by atoms with van der Waals surface area (Å²) in [7, 11) is -2.54. The molecule has 1 aliphatic rings. The minimum atomic E-state index is -3.99. The smallest absolute Gasteiger partial charge is 0.322 e. The molecule has 1 aromatic heterocycles. The molecule has 2 unspecified atom stereocenters. The summed E-state index contributed by atoms with van der Waals surface area (Å²) < 4.78 is 27.7. The fourth-order valence-electron chi connectivity index (χ4n) is 2.05. The third-order valence-corrected chi connectivity index (χ3v) is 7.32. The van der Waals surface area contributed by atoms with Crippen LogP contribution in [0.15, 0.2) is 9.63 Å². The summed E-state index contributed by atoms with van der Waals surface area (Å²) in [5.74, 6) is -0.918. The van der Waals surface area contributed by atoms with Crippen molar-refractivity contribution in [3.05, 3.63) is 4.60 Å². The quantitative estimate of drug-likeness (QED) is 0.805. The van der Waals surface area contributed by atoms with Crippen LogP contribution in [-0.2, 0) is 21.9 Å². The molecular weight excluding hydrogens is 372 g/mol. The fourth-order valence-corrected chi connectivity index (χ4v) is 6.62. The molecule has 8 nitrogen and oxygen atoms in total. The number of carboxylic acids is 1. The lowest BCUT2D eigenvalue weighted by molar-refractivity contribution is -0.140. The number of aromatic nitrogens is 3. The van der Waals surface area contributed by atoms with Crippen LogP contribution in [0.3, 0.4) is 0 Å². The first-order valence-corrected chi connectivity index (χ1v) is 9.02. The van der Waals surface area contributed by atoms with Crippen LogP contribution in [0, 0.1) is 0 Å². The predicted molar refractivity (Wildman–Crippen MR) is 75.7 cm³/mol. The summed E-state index contributed by atoms with van der Waals surface area (Å²) in [4.78, 5) is 11.3. The number of carboxylic acid groups (broad SMARTS) is 1. The Balaban J connectivity index is 2.53. The van der Waals surface area contributed by atoms with E-state index < -0.39 is 27.4 Å². The number of rotatable bonds is 4. The number of nitrogens with zero attached hydrogens (tertiary/aromatic N) is 4. The summed E-state index contributed by atoms with van der Waals surface area (Å²) in [6.07, 6.45) is 0.524. The van der Waals surface area contributed by atoms with Gasteiger partial charge in [-0.15, -0.1) is 16.9 Å². The van der Waals surface area contributed by atoms with E-state index in [1.165, 1.54) is 18.8 Å². The van der Waals surface area contributed by atoms with Gasteiger partial charge in [0, 0.05) is 12.8 Å². The molecule has 1 saturated heterocycles. The lowest BCUT2D eigenvalue weighted by Crippen LogP contribution is -2.45. The number of hydrogen-bond donors (Lipinski definition) is 1. The minimum Gasteiger partial charge on any atom is -0.480 e. The van der Waals surface area contributed by atoms with Gasteiger partial charge in [-0.05, 0) is 22.4 Å². The van der Waals surface area contributed by atoms with Crippen molar-refractivity contribution in [2.45, 2.75) is 29.8 Å². The first-order valence-electron chi connectivity index (χ1n) is 5.73. The molecule has 11 heteroatoms. The van der Waals surface area contributed by atoms with Crippen LogP contribution < -0.4 is 0 Å². The Hall–Kier alpha value is -0.650. The van der Waals surface area contributed by atoms with Crippen molar-refractivity contribution in [3.8, 4) is 0 Å². The molecule has 1 N–H and O–H groups in total. The zero-order valence-electron chi connectivity index (χ0n) is 10.7. The van der Waals surface area contributed by atoms with Crippen molar-refractivity contribution in [1.82, 2.24) is 19.3 Å². The van der Waals surface area contributed by atoms with E-state index in [0.717, 1.165) is 8.99 Å². The number of carbonyl (C=O) groups is 1. The van der Waals surface area contributed by atoms with Crippen LogP contribution in [0.4, 0.5) is 0 Å². The average Bonchev–Trinajstić information content (AvgIpc) is 2.93. The largest absolute Gasteiger partial charge is 0.480 e. The van der Waals surface area contributed by atoms with Gasteiger partial charge in [-0.25, -0.2) is 13.1 Å². The molecule has 0 amide bonds. The van der Waals surface area contributed by atoms with Crippen molar-refractivity contribution in [2.24, 2.45) is 7.05 Å². The van der Waals surface area contributed by atoms with Crippen LogP contribution in [0.5, 0.6) is 0 Å². The standard InChI is InChI=1S/C9H13BrN4O4S2/c1-3-6-14(5(4-19-6)9(15)16)20(17,18)8-7(10)11-12-13(8)2/h5-6H,3-4H2,1-2H3,(H,15,16). The third kappa shape index (κ3) is 2.47. The summed E-state index contributed by atoms with van der Waals surface area (Å²) in [6, 6.07) is -1.07. The van der Waals surface area contributed by atoms with Gasteiger partial charge in [0.15, 0.2) is 4.60 Å². The Morgan fingerprint density at radius 3 is 2.70 bits per heavy atom. The molecule has 0 aliphatic carbocycles. The Bertz CT molecular complexity index is 612. The zero-order chi connectivity index (χ0) is 15.1. The average molecular weight is 385 g/mol. The van der Waals surface area contributed by atoms with Crippen LogP contribution in [-0.4, -0.2) is 56.0 Å². The molecule has 2 rings (SSSR count). The highest BCUT2D eigenvalue weighted by Crippen LogP contribution is 2.37. The van der Waals surface area contributed by atoms with E-state index in [9.17, 15) is 18.3 Å². The number of halogens is 1. The van der Waals surface area contributed by atoms with Crippen molar-refractivity contribution in [2.75, 3.05) is 5.75 Å². The van der Waals surface area contributed by atoms with Gasteiger partial charge in [0.05, 0.1) is 5.37 Å². The highest BCUT2D eigenvalue weighted by Gasteiger charge is 2.47. The molecule has 0 aromatic carbocycles. The second-order valence-corrected chi connectivity index (χ2v) is 7.91. The first-order chi connectivity index (χ1) is 9.30. The zero-order valence-corrected chi connectivity index (χ0v) is 13.9. The Morgan fingerprint density at radius 2 is 2.25 bits per heavy atom. The highest BCUT2D eigenvalue weighted by molar-refractivity contribution is 9.10. The molecule has 112 valence electrons. The second kappa shape index (κ2) is 5.62.